The second-order valence-corrected chi connectivity index (χ2v) is 8.92. The zero-order chi connectivity index (χ0) is 23.4. The van der Waals surface area contributed by atoms with Crippen molar-refractivity contribution >= 4 is 28.9 Å². The van der Waals surface area contributed by atoms with Crippen molar-refractivity contribution in [3.63, 3.8) is 0 Å². The van der Waals surface area contributed by atoms with Crippen LogP contribution in [0.15, 0.2) is 42.5 Å². The molecular formula is C26H34N4O3. The minimum absolute atomic E-state index is 0.0430. The highest BCUT2D eigenvalue weighted by atomic mass is 16.5. The van der Waals surface area contributed by atoms with Gasteiger partial charge in [-0.15, -0.1) is 0 Å². The number of anilines is 3. The van der Waals surface area contributed by atoms with Gasteiger partial charge in [0.05, 0.1) is 18.4 Å². The minimum atomic E-state index is -0.103. The summed E-state index contributed by atoms with van der Waals surface area (Å²) in [5.74, 6) is 0.927. The highest BCUT2D eigenvalue weighted by Crippen LogP contribution is 2.33. The van der Waals surface area contributed by atoms with E-state index in [1.165, 1.54) is 0 Å². The molecule has 0 spiro atoms. The maximum atomic E-state index is 13.2. The third kappa shape index (κ3) is 5.41. The van der Waals surface area contributed by atoms with Crippen molar-refractivity contribution in [1.82, 2.24) is 5.32 Å². The van der Waals surface area contributed by atoms with Crippen LogP contribution in [0, 0.1) is 5.92 Å². The van der Waals surface area contributed by atoms with Crippen LogP contribution in [0.2, 0.25) is 0 Å². The van der Waals surface area contributed by atoms with Gasteiger partial charge in [-0.05, 0) is 56.5 Å². The van der Waals surface area contributed by atoms with Gasteiger partial charge in [-0.3, -0.25) is 9.59 Å². The van der Waals surface area contributed by atoms with Crippen molar-refractivity contribution < 1.29 is 14.3 Å². The Balaban J connectivity index is 1.53. The molecule has 176 valence electrons. The Morgan fingerprint density at radius 3 is 2.33 bits per heavy atom. The number of ether oxygens (including phenoxy) is 1. The number of hydrogen-bond donors (Lipinski definition) is 2. The number of nitrogens with zero attached hydrogens (tertiary/aromatic N) is 2. The van der Waals surface area contributed by atoms with Crippen LogP contribution in [0.1, 0.15) is 43.5 Å². The molecule has 0 aromatic heterocycles. The van der Waals surface area contributed by atoms with Gasteiger partial charge in [0.25, 0.3) is 5.91 Å². The van der Waals surface area contributed by atoms with Gasteiger partial charge in [0, 0.05) is 49.5 Å². The fourth-order valence-electron chi connectivity index (χ4n) is 4.14. The third-order valence-electron chi connectivity index (χ3n) is 6.49. The van der Waals surface area contributed by atoms with Crippen molar-refractivity contribution in [1.29, 1.82) is 0 Å². The van der Waals surface area contributed by atoms with E-state index in [2.05, 4.69) is 33.4 Å². The largest absolute Gasteiger partial charge is 0.495 e. The first-order valence-electron chi connectivity index (χ1n) is 11.9. The molecule has 2 N–H and O–H groups in total. The lowest BCUT2D eigenvalue weighted by molar-refractivity contribution is -0.117. The van der Waals surface area contributed by atoms with Crippen LogP contribution in [0.25, 0.3) is 0 Å². The number of hydrogen-bond acceptors (Lipinski definition) is 5. The normalized spacial score (nSPS) is 16.8. The Kier molecular flexibility index (Phi) is 7.06. The molecule has 2 fully saturated rings. The Bertz CT molecular complexity index is 997. The predicted octanol–water partition coefficient (Wildman–Crippen LogP) is 3.90. The molecule has 7 heteroatoms. The summed E-state index contributed by atoms with van der Waals surface area (Å²) in [7, 11) is 1.70. The zero-order valence-electron chi connectivity index (χ0n) is 19.8. The molecule has 0 radical (unpaired) electrons. The quantitative estimate of drug-likeness (QED) is 0.638. The number of nitrogens with one attached hydrogen (secondary N) is 2. The van der Waals surface area contributed by atoms with Gasteiger partial charge in [-0.25, -0.2) is 0 Å². The lowest BCUT2D eigenvalue weighted by atomic mass is 10.1. The average molecular weight is 451 g/mol. The van der Waals surface area contributed by atoms with Crippen molar-refractivity contribution in [2.75, 3.05) is 48.4 Å². The van der Waals surface area contributed by atoms with E-state index in [0.29, 0.717) is 11.3 Å². The Morgan fingerprint density at radius 1 is 1.03 bits per heavy atom. The van der Waals surface area contributed by atoms with Gasteiger partial charge < -0.3 is 25.2 Å². The molecule has 1 aliphatic carbocycles. The van der Waals surface area contributed by atoms with E-state index in [-0.39, 0.29) is 23.8 Å². The summed E-state index contributed by atoms with van der Waals surface area (Å²) in [5.41, 5.74) is 3.28. The van der Waals surface area contributed by atoms with Crippen LogP contribution < -0.4 is 25.2 Å². The highest BCUT2D eigenvalue weighted by Gasteiger charge is 2.30. The van der Waals surface area contributed by atoms with E-state index in [9.17, 15) is 9.59 Å². The summed E-state index contributed by atoms with van der Waals surface area (Å²) in [5, 5.41) is 6.06. The molecule has 4 rings (SSSR count). The molecule has 0 bridgehead atoms. The van der Waals surface area contributed by atoms with Gasteiger partial charge in [-0.2, -0.15) is 0 Å². The molecule has 1 heterocycles. The molecule has 1 atom stereocenters. The van der Waals surface area contributed by atoms with Gasteiger partial charge >= 0.3 is 0 Å². The van der Waals surface area contributed by atoms with Crippen LogP contribution in [-0.2, 0) is 4.79 Å². The number of carbonyl (C=O) groups excluding carboxylic acids is 2. The molecule has 1 saturated carbocycles. The van der Waals surface area contributed by atoms with Gasteiger partial charge in [0.2, 0.25) is 5.91 Å². The summed E-state index contributed by atoms with van der Waals surface area (Å²) in [4.78, 5) is 30.0. The third-order valence-corrected chi connectivity index (χ3v) is 6.49. The van der Waals surface area contributed by atoms with E-state index < -0.39 is 0 Å². The number of amides is 2. The fraction of sp³-hybridized carbons (Fsp3) is 0.462. The van der Waals surface area contributed by atoms with E-state index >= 15 is 0 Å². The van der Waals surface area contributed by atoms with Gasteiger partial charge in [-0.1, -0.05) is 19.1 Å². The number of rotatable bonds is 8. The Hall–Kier alpha value is -3.22. The summed E-state index contributed by atoms with van der Waals surface area (Å²) in [6.07, 6.45) is 2.75. The van der Waals surface area contributed by atoms with Crippen LogP contribution >= 0.6 is 0 Å². The number of piperazine rings is 1. The Morgan fingerprint density at radius 2 is 1.70 bits per heavy atom. The summed E-state index contributed by atoms with van der Waals surface area (Å²) < 4.78 is 5.53. The van der Waals surface area contributed by atoms with E-state index in [4.69, 9.17) is 4.74 Å². The molecule has 7 nitrogen and oxygen atoms in total. The van der Waals surface area contributed by atoms with Crippen LogP contribution in [0.4, 0.5) is 17.1 Å². The van der Waals surface area contributed by atoms with E-state index in [1.807, 2.05) is 43.3 Å². The molecular weight excluding hydrogens is 416 g/mol. The molecule has 2 amide bonds. The first kappa shape index (κ1) is 23.0. The SMILES string of the molecule is CCC(C)NC(=O)c1cc(NC(=O)C2CC2)ccc1N1CCN(c2ccccc2OC)CC1. The standard InChI is InChI=1S/C26H34N4O3/c1-4-18(2)27-26(32)21-17-20(28-25(31)19-9-10-19)11-12-22(21)29-13-15-30(16-14-29)23-7-5-6-8-24(23)33-3/h5-8,11-12,17-19H,4,9-10,13-16H2,1-3H3,(H,27,32)(H,28,31). The smallest absolute Gasteiger partial charge is 0.253 e. The van der Waals surface area contributed by atoms with Crippen molar-refractivity contribution in [3.8, 4) is 5.75 Å². The maximum Gasteiger partial charge on any atom is 0.253 e. The molecule has 2 aromatic carbocycles. The molecule has 2 aliphatic rings. The van der Waals surface area contributed by atoms with Crippen LogP contribution in [-0.4, -0.2) is 51.1 Å². The zero-order valence-corrected chi connectivity index (χ0v) is 19.8. The summed E-state index contributed by atoms with van der Waals surface area (Å²) in [6.45, 7) is 7.28. The first-order chi connectivity index (χ1) is 16.0. The van der Waals surface area contributed by atoms with E-state index in [1.54, 1.807) is 7.11 Å². The number of benzene rings is 2. The second-order valence-electron chi connectivity index (χ2n) is 8.92. The van der Waals surface area contributed by atoms with E-state index in [0.717, 1.165) is 62.6 Å². The van der Waals surface area contributed by atoms with Crippen molar-refractivity contribution in [3.05, 3.63) is 48.0 Å². The predicted molar refractivity (Wildman–Crippen MR) is 132 cm³/mol. The van der Waals surface area contributed by atoms with Crippen LogP contribution in [0.5, 0.6) is 5.75 Å². The Labute approximate surface area is 196 Å². The minimum Gasteiger partial charge on any atom is -0.495 e. The first-order valence-corrected chi connectivity index (χ1v) is 11.9. The lowest BCUT2D eigenvalue weighted by Crippen LogP contribution is -2.47. The summed E-state index contributed by atoms with van der Waals surface area (Å²) in [6, 6.07) is 13.8. The topological polar surface area (TPSA) is 73.9 Å². The number of carbonyl (C=O) groups is 2. The number of para-hydroxylation sites is 2. The maximum absolute atomic E-state index is 13.2. The monoisotopic (exact) mass is 450 g/mol. The molecule has 1 saturated heterocycles. The van der Waals surface area contributed by atoms with Crippen LogP contribution in [0.3, 0.4) is 0 Å². The molecule has 1 unspecified atom stereocenters. The van der Waals surface area contributed by atoms with Gasteiger partial charge in [0.15, 0.2) is 0 Å². The molecule has 1 aliphatic heterocycles. The second kappa shape index (κ2) is 10.1. The highest BCUT2D eigenvalue weighted by molar-refractivity contribution is 6.02. The van der Waals surface area contributed by atoms with Crippen molar-refractivity contribution in [2.24, 2.45) is 5.92 Å². The number of methoxy groups -OCH3 is 1. The van der Waals surface area contributed by atoms with Gasteiger partial charge in [0.1, 0.15) is 5.75 Å². The lowest BCUT2D eigenvalue weighted by Gasteiger charge is -2.38. The fourth-order valence-corrected chi connectivity index (χ4v) is 4.14. The van der Waals surface area contributed by atoms with Crippen molar-refractivity contribution in [2.45, 2.75) is 39.2 Å². The molecule has 33 heavy (non-hydrogen) atoms. The summed E-state index contributed by atoms with van der Waals surface area (Å²) >= 11 is 0. The molecule has 2 aromatic rings. The average Bonchev–Trinajstić information content (AvgIpc) is 3.70.